The third-order valence-corrected chi connectivity index (χ3v) is 4.29. The number of nitrogen functional groups attached to an aromatic ring is 1. The molecule has 1 aliphatic rings. The minimum absolute atomic E-state index is 0.0272. The molecule has 0 bridgehead atoms. The zero-order valence-electron chi connectivity index (χ0n) is 13.1. The van der Waals surface area contributed by atoms with Crippen LogP contribution in [0.5, 0.6) is 0 Å². The maximum absolute atomic E-state index is 12.1. The van der Waals surface area contributed by atoms with Crippen LogP contribution in [0, 0.1) is 0 Å². The first kappa shape index (κ1) is 15.8. The van der Waals surface area contributed by atoms with Gasteiger partial charge >= 0.3 is 5.69 Å². The zero-order valence-corrected chi connectivity index (χ0v) is 13.1. The fraction of sp³-hybridized carbons (Fsp3) is 0.714. The Morgan fingerprint density at radius 1 is 1.24 bits per heavy atom. The molecule has 118 valence electrons. The second-order valence-corrected chi connectivity index (χ2v) is 5.83. The van der Waals surface area contributed by atoms with E-state index in [9.17, 15) is 9.59 Å². The van der Waals surface area contributed by atoms with E-state index in [1.807, 2.05) is 13.8 Å². The number of hydrogen-bond donors (Lipinski definition) is 2. The lowest BCUT2D eigenvalue weighted by atomic mass is 10.2. The Morgan fingerprint density at radius 3 is 2.43 bits per heavy atom. The number of aromatic nitrogens is 2. The molecule has 1 aromatic rings. The van der Waals surface area contributed by atoms with E-state index in [1.54, 1.807) is 0 Å². The molecule has 0 aliphatic carbocycles. The van der Waals surface area contributed by atoms with Crippen LogP contribution in [0.1, 0.15) is 31.9 Å². The number of likely N-dealkylation sites (N-methyl/N-ethyl adjacent to an activating group) is 1. The van der Waals surface area contributed by atoms with Crippen molar-refractivity contribution in [2.24, 2.45) is 0 Å². The van der Waals surface area contributed by atoms with Gasteiger partial charge in [0, 0.05) is 38.8 Å². The van der Waals surface area contributed by atoms with Crippen LogP contribution in [0.4, 0.5) is 5.82 Å². The van der Waals surface area contributed by atoms with Crippen LogP contribution < -0.4 is 17.0 Å². The van der Waals surface area contributed by atoms with Gasteiger partial charge in [-0.3, -0.25) is 19.2 Å². The van der Waals surface area contributed by atoms with Crippen molar-refractivity contribution in [3.63, 3.8) is 0 Å². The summed E-state index contributed by atoms with van der Waals surface area (Å²) in [5.41, 5.74) is 5.82. The summed E-state index contributed by atoms with van der Waals surface area (Å²) in [7, 11) is 2.08. The quantitative estimate of drug-likeness (QED) is 0.806. The second-order valence-electron chi connectivity index (χ2n) is 5.83. The number of aromatic amines is 1. The van der Waals surface area contributed by atoms with E-state index in [1.165, 1.54) is 4.57 Å². The van der Waals surface area contributed by atoms with Crippen molar-refractivity contribution in [2.45, 2.75) is 32.9 Å². The SMILES string of the molecule is CCC(C)n1c(N)c(CN2CCN(C)CC2)c(=O)[nH]c1=O. The number of nitrogens with zero attached hydrogens (tertiary/aromatic N) is 3. The minimum Gasteiger partial charge on any atom is -0.385 e. The maximum Gasteiger partial charge on any atom is 0.330 e. The summed E-state index contributed by atoms with van der Waals surface area (Å²) in [6.07, 6.45) is 0.782. The molecule has 21 heavy (non-hydrogen) atoms. The highest BCUT2D eigenvalue weighted by molar-refractivity contribution is 5.38. The lowest BCUT2D eigenvalue weighted by Gasteiger charge is -2.32. The summed E-state index contributed by atoms with van der Waals surface area (Å²) in [6, 6.07) is -0.0272. The van der Waals surface area contributed by atoms with Crippen LogP contribution in [0.25, 0.3) is 0 Å². The summed E-state index contributed by atoms with van der Waals surface area (Å²) in [5, 5.41) is 0. The maximum atomic E-state index is 12.1. The highest BCUT2D eigenvalue weighted by Gasteiger charge is 2.20. The van der Waals surface area contributed by atoms with E-state index in [0.29, 0.717) is 17.9 Å². The van der Waals surface area contributed by atoms with Gasteiger partial charge in [-0.05, 0) is 20.4 Å². The highest BCUT2D eigenvalue weighted by Crippen LogP contribution is 2.15. The summed E-state index contributed by atoms with van der Waals surface area (Å²) < 4.78 is 1.49. The number of H-pyrrole nitrogens is 1. The molecule has 2 rings (SSSR count). The van der Waals surface area contributed by atoms with Gasteiger partial charge in [-0.2, -0.15) is 0 Å². The fourth-order valence-corrected chi connectivity index (χ4v) is 2.61. The van der Waals surface area contributed by atoms with Gasteiger partial charge in [-0.15, -0.1) is 0 Å². The molecule has 7 heteroatoms. The van der Waals surface area contributed by atoms with E-state index < -0.39 is 5.69 Å². The van der Waals surface area contributed by atoms with E-state index in [-0.39, 0.29) is 11.6 Å². The number of hydrogen-bond acceptors (Lipinski definition) is 5. The molecule has 0 aromatic carbocycles. The predicted molar refractivity (Wildman–Crippen MR) is 83.5 cm³/mol. The van der Waals surface area contributed by atoms with Gasteiger partial charge in [-0.1, -0.05) is 6.92 Å². The molecule has 1 aromatic heterocycles. The highest BCUT2D eigenvalue weighted by atomic mass is 16.2. The van der Waals surface area contributed by atoms with Gasteiger partial charge in [-0.25, -0.2) is 4.79 Å². The third-order valence-electron chi connectivity index (χ3n) is 4.29. The van der Waals surface area contributed by atoms with Crippen molar-refractivity contribution in [2.75, 3.05) is 39.0 Å². The summed E-state index contributed by atoms with van der Waals surface area (Å²) in [4.78, 5) is 30.9. The molecule has 7 nitrogen and oxygen atoms in total. The van der Waals surface area contributed by atoms with Crippen LogP contribution in [0.15, 0.2) is 9.59 Å². The van der Waals surface area contributed by atoms with Crippen LogP contribution in [0.3, 0.4) is 0 Å². The van der Waals surface area contributed by atoms with Gasteiger partial charge in [0.1, 0.15) is 5.82 Å². The molecule has 3 N–H and O–H groups in total. The fourth-order valence-electron chi connectivity index (χ4n) is 2.61. The molecular weight excluding hydrogens is 270 g/mol. The molecule has 2 heterocycles. The average molecular weight is 295 g/mol. The van der Waals surface area contributed by atoms with Gasteiger partial charge in [0.05, 0.1) is 5.56 Å². The van der Waals surface area contributed by atoms with Crippen molar-refractivity contribution >= 4 is 5.82 Å². The zero-order chi connectivity index (χ0) is 15.6. The first-order chi connectivity index (χ1) is 9.93. The first-order valence-electron chi connectivity index (χ1n) is 7.48. The molecular formula is C14H25N5O2. The standard InChI is InChI=1S/C14H25N5O2/c1-4-10(2)19-12(15)11(13(20)16-14(19)21)9-18-7-5-17(3)6-8-18/h10H,4-9,15H2,1-3H3,(H,16,20,21). The Kier molecular flexibility index (Phi) is 4.84. The summed E-state index contributed by atoms with van der Waals surface area (Å²) >= 11 is 0. The first-order valence-corrected chi connectivity index (χ1v) is 7.48. The number of nitrogens with one attached hydrogen (secondary N) is 1. The number of rotatable bonds is 4. The Hall–Kier alpha value is -1.60. The molecule has 1 unspecified atom stereocenters. The summed E-state index contributed by atoms with van der Waals surface area (Å²) in [6.45, 7) is 8.16. The minimum atomic E-state index is -0.422. The Labute approximate surface area is 124 Å². The van der Waals surface area contributed by atoms with Crippen molar-refractivity contribution < 1.29 is 0 Å². The lowest BCUT2D eigenvalue weighted by molar-refractivity contribution is 0.147. The van der Waals surface area contributed by atoms with Crippen molar-refractivity contribution in [1.82, 2.24) is 19.4 Å². The number of nitrogens with two attached hydrogens (primary N) is 1. The van der Waals surface area contributed by atoms with Crippen molar-refractivity contribution in [3.8, 4) is 0 Å². The molecule has 1 fully saturated rings. The number of anilines is 1. The van der Waals surface area contributed by atoms with Gasteiger partial charge < -0.3 is 10.6 Å². The van der Waals surface area contributed by atoms with E-state index in [0.717, 1.165) is 32.6 Å². The van der Waals surface area contributed by atoms with Gasteiger partial charge in [0.25, 0.3) is 5.56 Å². The molecule has 1 saturated heterocycles. The number of piperazine rings is 1. The largest absolute Gasteiger partial charge is 0.385 e. The molecule has 1 atom stereocenters. The van der Waals surface area contributed by atoms with E-state index in [2.05, 4.69) is 21.8 Å². The van der Waals surface area contributed by atoms with Gasteiger partial charge in [0.15, 0.2) is 0 Å². The molecule has 0 spiro atoms. The van der Waals surface area contributed by atoms with Crippen molar-refractivity contribution in [3.05, 3.63) is 26.4 Å². The Morgan fingerprint density at radius 2 is 1.86 bits per heavy atom. The third kappa shape index (κ3) is 3.36. The predicted octanol–water partition coefficient (Wildman–Crippen LogP) is -0.163. The average Bonchev–Trinajstić information content (AvgIpc) is 2.45. The smallest absolute Gasteiger partial charge is 0.330 e. The topological polar surface area (TPSA) is 87.4 Å². The second kappa shape index (κ2) is 6.44. The molecule has 0 amide bonds. The van der Waals surface area contributed by atoms with E-state index >= 15 is 0 Å². The monoisotopic (exact) mass is 295 g/mol. The van der Waals surface area contributed by atoms with Crippen LogP contribution in [-0.4, -0.2) is 52.6 Å². The Bertz CT molecular complexity index is 598. The van der Waals surface area contributed by atoms with Crippen LogP contribution in [0.2, 0.25) is 0 Å². The van der Waals surface area contributed by atoms with Crippen molar-refractivity contribution in [1.29, 1.82) is 0 Å². The Balaban J connectivity index is 2.31. The van der Waals surface area contributed by atoms with Crippen LogP contribution in [-0.2, 0) is 6.54 Å². The van der Waals surface area contributed by atoms with Gasteiger partial charge in [0.2, 0.25) is 0 Å². The summed E-state index contributed by atoms with van der Waals surface area (Å²) in [5.74, 6) is 0.303. The van der Waals surface area contributed by atoms with E-state index in [4.69, 9.17) is 5.73 Å². The normalized spacial score (nSPS) is 18.8. The molecule has 0 radical (unpaired) electrons. The molecule has 1 aliphatic heterocycles. The van der Waals surface area contributed by atoms with Crippen LogP contribution >= 0.6 is 0 Å². The molecule has 0 saturated carbocycles. The lowest BCUT2D eigenvalue weighted by Crippen LogP contribution is -2.45.